The van der Waals surface area contributed by atoms with Crippen LogP contribution in [0.2, 0.25) is 15.3 Å². The molecule has 0 bridgehead atoms. The van der Waals surface area contributed by atoms with Crippen molar-refractivity contribution in [3.63, 3.8) is 0 Å². The minimum absolute atomic E-state index is 0.0742. The molecule has 10 heteroatoms. The number of carbonyl (C=O) groups excluding carboxylic acids is 1. The number of ketones is 1. The molecule has 1 aromatic carbocycles. The Hall–Kier alpha value is -2.22. The van der Waals surface area contributed by atoms with E-state index >= 15 is 0 Å². The maximum Gasteiger partial charge on any atom is 0.290 e. The van der Waals surface area contributed by atoms with Crippen molar-refractivity contribution < 1.29 is 14.1 Å². The van der Waals surface area contributed by atoms with Crippen LogP contribution in [0.4, 0.5) is 15.8 Å². The topological polar surface area (TPSA) is 85.1 Å². The van der Waals surface area contributed by atoms with Crippen molar-refractivity contribution in [1.29, 1.82) is 0 Å². The van der Waals surface area contributed by atoms with E-state index in [0.29, 0.717) is 0 Å². The Kier molecular flexibility index (Phi) is 5.94. The smallest absolute Gasteiger partial charge is 0.290 e. The largest absolute Gasteiger partial charge is 0.356 e. The summed E-state index contributed by atoms with van der Waals surface area (Å²) in [4.78, 5) is 26.1. The van der Waals surface area contributed by atoms with Gasteiger partial charge in [0.25, 0.3) is 5.69 Å². The van der Waals surface area contributed by atoms with Gasteiger partial charge in [-0.15, -0.1) is 0 Å². The summed E-state index contributed by atoms with van der Waals surface area (Å²) in [5, 5.41) is 13.2. The van der Waals surface area contributed by atoms with Gasteiger partial charge in [0.1, 0.15) is 21.1 Å². The molecule has 1 aromatic heterocycles. The Bertz CT molecular complexity index is 903. The first-order chi connectivity index (χ1) is 11.7. The first kappa shape index (κ1) is 19.1. The second-order valence-corrected chi connectivity index (χ2v) is 5.98. The second kappa shape index (κ2) is 7.77. The third-order valence-electron chi connectivity index (χ3n) is 2.99. The summed E-state index contributed by atoms with van der Waals surface area (Å²) in [5.74, 6) is -1.30. The Balaban J connectivity index is 2.28. The van der Waals surface area contributed by atoms with Gasteiger partial charge in [-0.3, -0.25) is 14.9 Å². The van der Waals surface area contributed by atoms with Gasteiger partial charge in [0.15, 0.2) is 5.78 Å². The zero-order chi connectivity index (χ0) is 18.7. The molecule has 0 aliphatic carbocycles. The third-order valence-corrected chi connectivity index (χ3v) is 3.79. The van der Waals surface area contributed by atoms with Gasteiger partial charge in [0.2, 0.25) is 0 Å². The van der Waals surface area contributed by atoms with Crippen LogP contribution in [0, 0.1) is 15.9 Å². The summed E-state index contributed by atoms with van der Waals surface area (Å²) >= 11 is 17.1. The number of halogens is 4. The number of nitro groups is 1. The lowest BCUT2D eigenvalue weighted by Gasteiger charge is -2.09. The number of hydrogen-bond donors (Lipinski definition) is 1. The molecule has 0 amide bonds. The van der Waals surface area contributed by atoms with E-state index in [2.05, 4.69) is 10.3 Å². The minimum atomic E-state index is -0.804. The van der Waals surface area contributed by atoms with Crippen LogP contribution < -0.4 is 5.32 Å². The van der Waals surface area contributed by atoms with Gasteiger partial charge in [-0.05, 0) is 19.1 Å². The number of aromatic nitrogens is 1. The maximum absolute atomic E-state index is 13.9. The highest BCUT2D eigenvalue weighted by Gasteiger charge is 2.17. The summed E-state index contributed by atoms with van der Waals surface area (Å²) in [7, 11) is 0. The van der Waals surface area contributed by atoms with Crippen molar-refractivity contribution >= 4 is 52.0 Å². The fourth-order valence-corrected chi connectivity index (χ4v) is 2.55. The molecule has 6 nitrogen and oxygen atoms in total. The lowest BCUT2D eigenvalue weighted by atomic mass is 10.1. The van der Waals surface area contributed by atoms with Crippen molar-refractivity contribution in [2.24, 2.45) is 0 Å². The summed E-state index contributed by atoms with van der Waals surface area (Å²) in [6, 6.07) is 4.56. The van der Waals surface area contributed by atoms with Gasteiger partial charge in [-0.2, -0.15) is 0 Å². The SMILES string of the molecule is C/C(=C\C(=O)c1ccc(Cl)nc1Cl)Nc1cc([N+](=O)[O-])c(Cl)cc1F. The summed E-state index contributed by atoms with van der Waals surface area (Å²) in [5.41, 5.74) is -0.325. The van der Waals surface area contributed by atoms with Gasteiger partial charge in [0, 0.05) is 23.9 Å². The molecule has 2 rings (SSSR count). The van der Waals surface area contributed by atoms with Gasteiger partial charge in [0.05, 0.1) is 16.2 Å². The van der Waals surface area contributed by atoms with E-state index in [1.807, 2.05) is 0 Å². The number of nitrogens with one attached hydrogen (secondary N) is 1. The molecule has 25 heavy (non-hydrogen) atoms. The predicted molar refractivity (Wildman–Crippen MR) is 94.0 cm³/mol. The average Bonchev–Trinajstić information content (AvgIpc) is 2.49. The molecular formula is C15H9Cl3FN3O3. The van der Waals surface area contributed by atoms with Crippen LogP contribution in [0.1, 0.15) is 17.3 Å². The number of rotatable bonds is 5. The molecule has 2 aromatic rings. The highest BCUT2D eigenvalue weighted by molar-refractivity contribution is 6.35. The number of hydrogen-bond acceptors (Lipinski definition) is 5. The van der Waals surface area contributed by atoms with Gasteiger partial charge < -0.3 is 5.32 Å². The quantitative estimate of drug-likeness (QED) is 0.241. The van der Waals surface area contributed by atoms with E-state index in [1.165, 1.54) is 19.1 Å². The zero-order valence-corrected chi connectivity index (χ0v) is 14.8. The van der Waals surface area contributed by atoms with E-state index in [1.54, 1.807) is 0 Å². The van der Waals surface area contributed by atoms with Crippen molar-refractivity contribution in [3.8, 4) is 0 Å². The number of anilines is 1. The monoisotopic (exact) mass is 403 g/mol. The fraction of sp³-hybridized carbons (Fsp3) is 0.0667. The Morgan fingerprint density at radius 1 is 1.32 bits per heavy atom. The molecule has 0 atom stereocenters. The van der Waals surface area contributed by atoms with E-state index < -0.39 is 22.2 Å². The standard InChI is InChI=1S/C15H9Cl3FN3O3/c1-7(4-13(23)8-2-3-14(17)21-15(8)18)20-11-6-12(22(24)25)9(16)5-10(11)19/h2-6,20H,1H3/b7-4+. The highest BCUT2D eigenvalue weighted by Crippen LogP contribution is 2.30. The predicted octanol–water partition coefficient (Wildman–Crippen LogP) is 5.29. The molecule has 130 valence electrons. The summed E-state index contributed by atoms with van der Waals surface area (Å²) in [6.07, 6.45) is 1.15. The van der Waals surface area contributed by atoms with Crippen LogP contribution in [0.3, 0.4) is 0 Å². The zero-order valence-electron chi connectivity index (χ0n) is 12.5. The number of nitro benzene ring substituents is 1. The van der Waals surface area contributed by atoms with Crippen molar-refractivity contribution in [3.05, 3.63) is 72.9 Å². The number of carbonyl (C=O) groups is 1. The molecular weight excluding hydrogens is 396 g/mol. The molecule has 0 fully saturated rings. The summed E-state index contributed by atoms with van der Waals surface area (Å²) < 4.78 is 13.9. The molecule has 1 heterocycles. The van der Waals surface area contributed by atoms with Crippen LogP contribution >= 0.6 is 34.8 Å². The molecule has 1 N–H and O–H groups in total. The molecule has 0 radical (unpaired) electrons. The van der Waals surface area contributed by atoms with E-state index in [0.717, 1.165) is 18.2 Å². The first-order valence-corrected chi connectivity index (χ1v) is 7.77. The van der Waals surface area contributed by atoms with Gasteiger partial charge in [-0.25, -0.2) is 9.37 Å². The van der Waals surface area contributed by atoms with Crippen LogP contribution in [0.15, 0.2) is 36.0 Å². The van der Waals surface area contributed by atoms with Crippen LogP contribution in [0.5, 0.6) is 0 Å². The lowest BCUT2D eigenvalue weighted by Crippen LogP contribution is -2.04. The van der Waals surface area contributed by atoms with Gasteiger partial charge >= 0.3 is 0 Å². The second-order valence-electron chi connectivity index (χ2n) is 4.83. The summed E-state index contributed by atoms with van der Waals surface area (Å²) in [6.45, 7) is 1.48. The Morgan fingerprint density at radius 3 is 2.60 bits per heavy atom. The van der Waals surface area contributed by atoms with Crippen molar-refractivity contribution in [1.82, 2.24) is 4.98 Å². The number of pyridine rings is 1. The normalized spacial score (nSPS) is 11.3. The van der Waals surface area contributed by atoms with Gasteiger partial charge in [-0.1, -0.05) is 34.8 Å². The third kappa shape index (κ3) is 4.66. The fourth-order valence-electron chi connectivity index (χ4n) is 1.89. The average molecular weight is 405 g/mol. The molecule has 0 unspecified atom stereocenters. The molecule has 0 spiro atoms. The van der Waals surface area contributed by atoms with E-state index in [9.17, 15) is 19.3 Å². The Morgan fingerprint density at radius 2 is 2.00 bits per heavy atom. The Labute approximate surface area is 156 Å². The van der Waals surface area contributed by atoms with Crippen molar-refractivity contribution in [2.45, 2.75) is 6.92 Å². The minimum Gasteiger partial charge on any atom is -0.356 e. The lowest BCUT2D eigenvalue weighted by molar-refractivity contribution is -0.384. The van der Waals surface area contributed by atoms with Crippen LogP contribution in [-0.4, -0.2) is 15.7 Å². The number of benzene rings is 1. The molecule has 0 aliphatic rings. The van der Waals surface area contributed by atoms with E-state index in [-0.39, 0.29) is 32.3 Å². The molecule has 0 saturated carbocycles. The van der Waals surface area contributed by atoms with Crippen LogP contribution in [-0.2, 0) is 0 Å². The van der Waals surface area contributed by atoms with E-state index in [4.69, 9.17) is 34.8 Å². The maximum atomic E-state index is 13.9. The first-order valence-electron chi connectivity index (χ1n) is 6.64. The molecule has 0 saturated heterocycles. The number of nitrogens with zero attached hydrogens (tertiary/aromatic N) is 2. The number of allylic oxidation sites excluding steroid dienone is 2. The van der Waals surface area contributed by atoms with Crippen molar-refractivity contribution in [2.75, 3.05) is 5.32 Å². The van der Waals surface area contributed by atoms with Crippen LogP contribution in [0.25, 0.3) is 0 Å². The highest BCUT2D eigenvalue weighted by atomic mass is 35.5. The molecule has 0 aliphatic heterocycles.